The summed E-state index contributed by atoms with van der Waals surface area (Å²) in [6, 6.07) is 17.2. The van der Waals surface area contributed by atoms with Gasteiger partial charge in [-0.05, 0) is 48.4 Å². The maximum absolute atomic E-state index is 13.3. The molecule has 1 saturated carbocycles. The van der Waals surface area contributed by atoms with Gasteiger partial charge in [0, 0.05) is 18.4 Å². The largest absolute Gasteiger partial charge is 0.396 e. The molecule has 4 atom stereocenters. The average Bonchev–Trinajstić information content (AvgIpc) is 3.21. The minimum absolute atomic E-state index is 0.136. The fourth-order valence-electron chi connectivity index (χ4n) is 4.76. The Balaban J connectivity index is 1.65. The van der Waals surface area contributed by atoms with E-state index in [2.05, 4.69) is 24.3 Å². The zero-order valence-corrected chi connectivity index (χ0v) is 13.7. The van der Waals surface area contributed by atoms with Gasteiger partial charge in [0.2, 0.25) is 0 Å². The lowest BCUT2D eigenvalue weighted by atomic mass is 9.76. The molecule has 1 aliphatic heterocycles. The first-order chi connectivity index (χ1) is 11.7. The highest BCUT2D eigenvalue weighted by Crippen LogP contribution is 2.56. The topological polar surface area (TPSA) is 29.5 Å². The maximum Gasteiger partial charge on any atom is 0.123 e. The van der Waals surface area contributed by atoms with Gasteiger partial charge in [0.1, 0.15) is 5.82 Å². The van der Waals surface area contributed by atoms with Crippen LogP contribution in [-0.2, 0) is 4.74 Å². The number of ether oxygens (including phenoxy) is 1. The van der Waals surface area contributed by atoms with Crippen LogP contribution < -0.4 is 0 Å². The van der Waals surface area contributed by atoms with E-state index in [1.165, 1.54) is 17.7 Å². The van der Waals surface area contributed by atoms with Crippen molar-refractivity contribution in [3.63, 3.8) is 0 Å². The summed E-state index contributed by atoms with van der Waals surface area (Å²) < 4.78 is 19.7. The van der Waals surface area contributed by atoms with Crippen molar-refractivity contribution in [1.82, 2.24) is 0 Å². The lowest BCUT2D eigenvalue weighted by Gasteiger charge is -2.33. The molecular formula is C21H23FO2. The van der Waals surface area contributed by atoms with Gasteiger partial charge < -0.3 is 9.84 Å². The molecule has 4 rings (SSSR count). The van der Waals surface area contributed by atoms with Gasteiger partial charge in [-0.1, -0.05) is 42.5 Å². The van der Waals surface area contributed by atoms with E-state index in [9.17, 15) is 9.50 Å². The van der Waals surface area contributed by atoms with Crippen molar-refractivity contribution >= 4 is 0 Å². The first-order valence-electron chi connectivity index (χ1n) is 8.77. The van der Waals surface area contributed by atoms with Crippen molar-refractivity contribution in [2.24, 2.45) is 5.92 Å². The third-order valence-corrected chi connectivity index (χ3v) is 5.88. The molecule has 1 saturated heterocycles. The lowest BCUT2D eigenvalue weighted by Crippen LogP contribution is -2.34. The Bertz CT molecular complexity index is 685. The van der Waals surface area contributed by atoms with E-state index >= 15 is 0 Å². The molecule has 126 valence electrons. The van der Waals surface area contributed by atoms with E-state index in [0.29, 0.717) is 5.92 Å². The van der Waals surface area contributed by atoms with E-state index in [1.807, 2.05) is 18.2 Å². The SMILES string of the molecule is OCC1CC[C@@]2(CC(c3ccccc3)CO2)[C@@H]1c1ccc(F)cc1. The molecular weight excluding hydrogens is 303 g/mol. The molecule has 2 aromatic rings. The summed E-state index contributed by atoms with van der Waals surface area (Å²) in [4.78, 5) is 0. The standard InChI is InChI=1S/C21H23FO2/c22-19-8-6-16(7-9-19)20-17(13-23)10-11-21(20)12-18(14-24-21)15-4-2-1-3-5-15/h1-9,17-18,20,23H,10-14H2/t17?,18?,20-,21-/m1/s1. The van der Waals surface area contributed by atoms with Crippen molar-refractivity contribution in [1.29, 1.82) is 0 Å². The summed E-state index contributed by atoms with van der Waals surface area (Å²) in [5.41, 5.74) is 2.17. The normalized spacial score (nSPS) is 32.5. The second-order valence-electron chi connectivity index (χ2n) is 7.20. The highest BCUT2D eigenvalue weighted by atomic mass is 19.1. The molecule has 2 unspecified atom stereocenters. The molecule has 1 spiro atoms. The third-order valence-electron chi connectivity index (χ3n) is 5.88. The van der Waals surface area contributed by atoms with Crippen LogP contribution in [-0.4, -0.2) is 23.9 Å². The fraction of sp³-hybridized carbons (Fsp3) is 0.429. The monoisotopic (exact) mass is 326 g/mol. The molecule has 3 heteroatoms. The van der Waals surface area contributed by atoms with Crippen molar-refractivity contribution < 1.29 is 14.2 Å². The summed E-state index contributed by atoms with van der Waals surface area (Å²) >= 11 is 0. The van der Waals surface area contributed by atoms with Crippen LogP contribution in [0.1, 0.15) is 42.2 Å². The third kappa shape index (κ3) is 2.66. The van der Waals surface area contributed by atoms with Crippen LogP contribution in [0.4, 0.5) is 4.39 Å². The Morgan fingerprint density at radius 2 is 1.79 bits per heavy atom. The Morgan fingerprint density at radius 1 is 1.04 bits per heavy atom. The fourth-order valence-corrected chi connectivity index (χ4v) is 4.76. The van der Waals surface area contributed by atoms with Crippen LogP contribution in [0.15, 0.2) is 54.6 Å². The van der Waals surface area contributed by atoms with Gasteiger partial charge in [0.05, 0.1) is 12.2 Å². The van der Waals surface area contributed by atoms with Gasteiger partial charge in [-0.15, -0.1) is 0 Å². The summed E-state index contributed by atoms with van der Waals surface area (Å²) in [7, 11) is 0. The van der Waals surface area contributed by atoms with E-state index in [0.717, 1.165) is 31.4 Å². The van der Waals surface area contributed by atoms with Crippen LogP contribution in [0.5, 0.6) is 0 Å². The summed E-state index contributed by atoms with van der Waals surface area (Å²) in [6.07, 6.45) is 2.89. The second kappa shape index (κ2) is 6.30. The highest BCUT2D eigenvalue weighted by molar-refractivity contribution is 5.30. The van der Waals surface area contributed by atoms with Gasteiger partial charge in [0.25, 0.3) is 0 Å². The quantitative estimate of drug-likeness (QED) is 0.913. The van der Waals surface area contributed by atoms with E-state index in [-0.39, 0.29) is 29.9 Å². The van der Waals surface area contributed by atoms with Gasteiger partial charge >= 0.3 is 0 Å². The number of rotatable bonds is 3. The van der Waals surface area contributed by atoms with Crippen LogP contribution in [0, 0.1) is 11.7 Å². The van der Waals surface area contributed by atoms with E-state index < -0.39 is 0 Å². The summed E-state index contributed by atoms with van der Waals surface area (Å²) in [5.74, 6) is 0.495. The molecule has 24 heavy (non-hydrogen) atoms. The number of halogens is 1. The van der Waals surface area contributed by atoms with E-state index in [1.54, 1.807) is 0 Å². The number of aliphatic hydroxyl groups excluding tert-OH is 1. The Labute approximate surface area is 142 Å². The van der Waals surface area contributed by atoms with Gasteiger partial charge in [-0.3, -0.25) is 0 Å². The van der Waals surface area contributed by atoms with Crippen molar-refractivity contribution in [2.45, 2.75) is 36.7 Å². The molecule has 0 amide bonds. The number of hydrogen-bond acceptors (Lipinski definition) is 2. The zero-order valence-electron chi connectivity index (χ0n) is 13.7. The molecule has 0 aromatic heterocycles. The Morgan fingerprint density at radius 3 is 2.50 bits per heavy atom. The molecule has 1 N–H and O–H groups in total. The molecule has 0 bridgehead atoms. The molecule has 0 radical (unpaired) electrons. The summed E-state index contributed by atoms with van der Waals surface area (Å²) in [6.45, 7) is 0.878. The molecule has 2 fully saturated rings. The van der Waals surface area contributed by atoms with Crippen LogP contribution in [0.2, 0.25) is 0 Å². The van der Waals surface area contributed by atoms with Gasteiger partial charge in [-0.25, -0.2) is 4.39 Å². The van der Waals surface area contributed by atoms with Gasteiger partial charge in [-0.2, -0.15) is 0 Å². The van der Waals surface area contributed by atoms with Crippen molar-refractivity contribution in [3.8, 4) is 0 Å². The maximum atomic E-state index is 13.3. The molecule has 2 nitrogen and oxygen atoms in total. The van der Waals surface area contributed by atoms with Crippen LogP contribution >= 0.6 is 0 Å². The first-order valence-corrected chi connectivity index (χ1v) is 8.77. The predicted molar refractivity (Wildman–Crippen MR) is 91.4 cm³/mol. The molecule has 2 aliphatic rings. The van der Waals surface area contributed by atoms with Gasteiger partial charge in [0.15, 0.2) is 0 Å². The van der Waals surface area contributed by atoms with E-state index in [4.69, 9.17) is 4.74 Å². The Kier molecular flexibility index (Phi) is 4.15. The lowest BCUT2D eigenvalue weighted by molar-refractivity contribution is -0.0122. The number of aliphatic hydroxyl groups is 1. The zero-order chi connectivity index (χ0) is 16.6. The average molecular weight is 326 g/mol. The smallest absolute Gasteiger partial charge is 0.123 e. The van der Waals surface area contributed by atoms with Crippen LogP contribution in [0.3, 0.4) is 0 Å². The number of benzene rings is 2. The second-order valence-corrected chi connectivity index (χ2v) is 7.20. The minimum Gasteiger partial charge on any atom is -0.396 e. The number of hydrogen-bond donors (Lipinski definition) is 1. The summed E-state index contributed by atoms with van der Waals surface area (Å²) in [5, 5.41) is 9.85. The molecule has 1 heterocycles. The van der Waals surface area contributed by atoms with Crippen molar-refractivity contribution in [2.75, 3.05) is 13.2 Å². The van der Waals surface area contributed by atoms with Crippen molar-refractivity contribution in [3.05, 3.63) is 71.5 Å². The molecule has 2 aromatic carbocycles. The first kappa shape index (κ1) is 15.8. The Hall–Kier alpha value is -1.71. The highest BCUT2D eigenvalue weighted by Gasteiger charge is 2.53. The predicted octanol–water partition coefficient (Wildman–Crippen LogP) is 4.25. The van der Waals surface area contributed by atoms with Crippen LogP contribution in [0.25, 0.3) is 0 Å². The molecule has 1 aliphatic carbocycles. The minimum atomic E-state index is -0.230.